The predicted octanol–water partition coefficient (Wildman–Crippen LogP) is 4.34. The van der Waals surface area contributed by atoms with Crippen molar-refractivity contribution in [2.45, 2.75) is 19.4 Å². The van der Waals surface area contributed by atoms with E-state index in [0.717, 1.165) is 39.0 Å². The average molecular weight is 450 g/mol. The second-order valence-electron chi connectivity index (χ2n) is 8.56. The summed E-state index contributed by atoms with van der Waals surface area (Å²) < 4.78 is 6.05. The number of carbonyl (C=O) groups is 2. The molecular weight excluding hydrogens is 428 g/mol. The van der Waals surface area contributed by atoms with E-state index in [1.807, 2.05) is 60.8 Å². The van der Waals surface area contributed by atoms with E-state index >= 15 is 0 Å². The van der Waals surface area contributed by atoms with Gasteiger partial charge in [-0.05, 0) is 41.5 Å². The maximum atomic E-state index is 13.5. The van der Waals surface area contributed by atoms with Crippen LogP contribution in [0, 0.1) is 0 Å². The Balaban J connectivity index is 1.46. The molecule has 2 N–H and O–H groups in total. The third kappa shape index (κ3) is 3.25. The summed E-state index contributed by atoms with van der Waals surface area (Å²) in [6, 6.07) is 17.7. The lowest BCUT2D eigenvalue weighted by Gasteiger charge is -2.20. The third-order valence-electron chi connectivity index (χ3n) is 6.44. The molecule has 2 aliphatic rings. The average Bonchev–Trinajstić information content (AvgIpc) is 3.37. The van der Waals surface area contributed by atoms with Crippen molar-refractivity contribution in [3.05, 3.63) is 101 Å². The number of aromatic nitrogens is 2. The van der Waals surface area contributed by atoms with Gasteiger partial charge < -0.3 is 15.0 Å². The molecule has 0 saturated heterocycles. The van der Waals surface area contributed by atoms with Crippen molar-refractivity contribution in [2.75, 3.05) is 11.9 Å². The fourth-order valence-corrected chi connectivity index (χ4v) is 4.89. The predicted molar refractivity (Wildman–Crippen MR) is 128 cm³/mol. The van der Waals surface area contributed by atoms with Crippen LogP contribution in [-0.4, -0.2) is 33.2 Å². The van der Waals surface area contributed by atoms with Gasteiger partial charge in [-0.1, -0.05) is 24.3 Å². The second-order valence-corrected chi connectivity index (χ2v) is 8.56. The monoisotopic (exact) mass is 450 g/mol. The molecule has 0 spiro atoms. The SMILES string of the molecule is CC(=O)N1CC2=C(C1=O)C(c1cccc(OCc3cccnc3)c1)c1c[nH]c3cccc(c13)N2. The number of ether oxygens (including phenoxy) is 1. The first-order valence-corrected chi connectivity index (χ1v) is 11.1. The number of H-pyrrole nitrogens is 1. The summed E-state index contributed by atoms with van der Waals surface area (Å²) in [5.74, 6) is -0.170. The first-order chi connectivity index (χ1) is 16.6. The van der Waals surface area contributed by atoms with Crippen LogP contribution in [0.3, 0.4) is 0 Å². The Bertz CT molecular complexity index is 1470. The van der Waals surface area contributed by atoms with Gasteiger partial charge in [0.05, 0.1) is 12.1 Å². The second kappa shape index (κ2) is 7.88. The fraction of sp³-hybridized carbons (Fsp3) is 0.148. The quantitative estimate of drug-likeness (QED) is 0.483. The van der Waals surface area contributed by atoms with Crippen LogP contribution in [0.25, 0.3) is 10.9 Å². The smallest absolute Gasteiger partial charge is 0.259 e. The molecule has 6 rings (SSSR count). The highest BCUT2D eigenvalue weighted by Gasteiger charge is 2.41. The Hall–Kier alpha value is -4.39. The molecule has 0 radical (unpaired) electrons. The zero-order chi connectivity index (χ0) is 23.2. The minimum atomic E-state index is -0.348. The van der Waals surface area contributed by atoms with E-state index in [4.69, 9.17) is 4.74 Å². The van der Waals surface area contributed by atoms with E-state index in [1.165, 1.54) is 11.8 Å². The number of amides is 2. The molecular formula is C27H22N4O3. The molecule has 4 aromatic rings. The highest BCUT2D eigenvalue weighted by Crippen LogP contribution is 2.46. The summed E-state index contributed by atoms with van der Waals surface area (Å²) in [5, 5.41) is 4.50. The number of imide groups is 1. The van der Waals surface area contributed by atoms with Gasteiger partial charge in [0.2, 0.25) is 5.91 Å². The van der Waals surface area contributed by atoms with Crippen molar-refractivity contribution in [1.82, 2.24) is 14.9 Å². The van der Waals surface area contributed by atoms with Crippen molar-refractivity contribution in [1.29, 1.82) is 0 Å². The number of rotatable bonds is 4. The Labute approximate surface area is 196 Å². The molecule has 168 valence electrons. The minimum absolute atomic E-state index is 0.238. The fourth-order valence-electron chi connectivity index (χ4n) is 4.89. The molecule has 1 atom stereocenters. The van der Waals surface area contributed by atoms with E-state index in [-0.39, 0.29) is 24.3 Å². The van der Waals surface area contributed by atoms with Gasteiger partial charge in [-0.2, -0.15) is 0 Å². The molecule has 0 aliphatic carbocycles. The molecule has 7 heteroatoms. The Morgan fingerprint density at radius 1 is 1.18 bits per heavy atom. The molecule has 0 saturated carbocycles. The van der Waals surface area contributed by atoms with E-state index in [9.17, 15) is 9.59 Å². The van der Waals surface area contributed by atoms with Gasteiger partial charge >= 0.3 is 0 Å². The lowest BCUT2D eigenvalue weighted by molar-refractivity contribution is -0.139. The van der Waals surface area contributed by atoms with Crippen LogP contribution in [-0.2, 0) is 16.2 Å². The zero-order valence-corrected chi connectivity index (χ0v) is 18.5. The first-order valence-electron chi connectivity index (χ1n) is 11.1. The molecule has 2 aromatic carbocycles. The largest absolute Gasteiger partial charge is 0.489 e. The maximum absolute atomic E-state index is 13.5. The van der Waals surface area contributed by atoms with Crippen molar-refractivity contribution in [3.63, 3.8) is 0 Å². The van der Waals surface area contributed by atoms with Crippen LogP contribution in [0.5, 0.6) is 5.75 Å². The van der Waals surface area contributed by atoms with Gasteiger partial charge in [0.1, 0.15) is 12.4 Å². The minimum Gasteiger partial charge on any atom is -0.489 e. The number of anilines is 1. The number of carbonyl (C=O) groups excluding carboxylic acids is 2. The molecule has 2 aliphatic heterocycles. The molecule has 7 nitrogen and oxygen atoms in total. The molecule has 2 aromatic heterocycles. The van der Waals surface area contributed by atoms with Crippen LogP contribution in [0.2, 0.25) is 0 Å². The lowest BCUT2D eigenvalue weighted by Crippen LogP contribution is -2.33. The number of benzene rings is 2. The summed E-state index contributed by atoms with van der Waals surface area (Å²) in [5.41, 5.74) is 6.16. The number of aromatic amines is 1. The van der Waals surface area contributed by atoms with Crippen molar-refractivity contribution >= 4 is 28.4 Å². The summed E-state index contributed by atoms with van der Waals surface area (Å²) in [7, 11) is 0. The van der Waals surface area contributed by atoms with Crippen molar-refractivity contribution in [3.8, 4) is 5.75 Å². The highest BCUT2D eigenvalue weighted by molar-refractivity contribution is 6.11. The van der Waals surface area contributed by atoms with Crippen molar-refractivity contribution < 1.29 is 14.3 Å². The maximum Gasteiger partial charge on any atom is 0.259 e. The van der Waals surface area contributed by atoms with Crippen LogP contribution in [0.1, 0.15) is 29.5 Å². The number of nitrogens with zero attached hydrogens (tertiary/aromatic N) is 2. The van der Waals surface area contributed by atoms with E-state index in [1.54, 1.807) is 12.4 Å². The van der Waals surface area contributed by atoms with E-state index < -0.39 is 0 Å². The van der Waals surface area contributed by atoms with Crippen LogP contribution >= 0.6 is 0 Å². The summed E-state index contributed by atoms with van der Waals surface area (Å²) in [4.78, 5) is 34.4. The van der Waals surface area contributed by atoms with Gasteiger partial charge in [0, 0.05) is 59.3 Å². The number of hydrogen-bond acceptors (Lipinski definition) is 5. The molecule has 34 heavy (non-hydrogen) atoms. The van der Waals surface area contributed by atoms with Gasteiger partial charge in [-0.15, -0.1) is 0 Å². The zero-order valence-electron chi connectivity index (χ0n) is 18.5. The number of nitrogens with one attached hydrogen (secondary N) is 2. The standard InChI is InChI=1S/C27H22N4O3/c1-16(32)31-14-23-26(27(31)33)24(20-13-29-21-8-3-9-22(30-23)25(20)21)18-6-2-7-19(11-18)34-15-17-5-4-10-28-12-17/h2-13,24,29-30H,14-15H2,1H3. The molecule has 1 unspecified atom stereocenters. The topological polar surface area (TPSA) is 87.3 Å². The highest BCUT2D eigenvalue weighted by atomic mass is 16.5. The Morgan fingerprint density at radius 3 is 2.88 bits per heavy atom. The lowest BCUT2D eigenvalue weighted by atomic mass is 9.84. The normalized spacial score (nSPS) is 16.9. The van der Waals surface area contributed by atoms with Crippen LogP contribution in [0.15, 0.2) is 84.5 Å². The number of pyridine rings is 1. The third-order valence-corrected chi connectivity index (χ3v) is 6.44. The van der Waals surface area contributed by atoms with Crippen LogP contribution < -0.4 is 10.1 Å². The Kier molecular flexibility index (Phi) is 4.69. The van der Waals surface area contributed by atoms with Crippen molar-refractivity contribution in [2.24, 2.45) is 0 Å². The molecule has 0 fully saturated rings. The summed E-state index contributed by atoms with van der Waals surface area (Å²) >= 11 is 0. The number of hydrogen-bond donors (Lipinski definition) is 2. The summed E-state index contributed by atoms with van der Waals surface area (Å²) in [6.45, 7) is 2.06. The first kappa shape index (κ1) is 20.2. The molecule has 4 heterocycles. The van der Waals surface area contributed by atoms with Gasteiger partial charge in [-0.3, -0.25) is 19.5 Å². The summed E-state index contributed by atoms with van der Waals surface area (Å²) in [6.07, 6.45) is 5.47. The Morgan fingerprint density at radius 2 is 2.06 bits per heavy atom. The van der Waals surface area contributed by atoms with Gasteiger partial charge in [0.25, 0.3) is 5.91 Å². The molecule has 0 bridgehead atoms. The van der Waals surface area contributed by atoms with E-state index in [2.05, 4.69) is 15.3 Å². The van der Waals surface area contributed by atoms with E-state index in [0.29, 0.717) is 17.9 Å². The van der Waals surface area contributed by atoms with Gasteiger partial charge in [-0.25, -0.2) is 0 Å². The van der Waals surface area contributed by atoms with Crippen LogP contribution in [0.4, 0.5) is 5.69 Å². The van der Waals surface area contributed by atoms with Gasteiger partial charge in [0.15, 0.2) is 0 Å². The molecule has 2 amide bonds.